The molecular formula is C12H16Cl2N2O4. The predicted octanol–water partition coefficient (Wildman–Crippen LogP) is 3.42. The lowest BCUT2D eigenvalue weighted by Crippen LogP contribution is -2.45. The van der Waals surface area contributed by atoms with Crippen molar-refractivity contribution in [2.45, 2.75) is 37.6 Å². The molecule has 2 amide bonds. The number of carbonyl (C=O) groups excluding carboxylic acids is 2. The van der Waals surface area contributed by atoms with Crippen LogP contribution in [0.2, 0.25) is 0 Å². The Morgan fingerprint density at radius 1 is 1.20 bits per heavy atom. The summed E-state index contributed by atoms with van der Waals surface area (Å²) in [6.07, 6.45) is 2.80. The van der Waals surface area contributed by atoms with E-state index in [0.717, 1.165) is 0 Å². The first-order chi connectivity index (χ1) is 9.36. The van der Waals surface area contributed by atoms with E-state index in [9.17, 15) is 9.59 Å². The summed E-state index contributed by atoms with van der Waals surface area (Å²) in [4.78, 5) is 26.2. The maximum atomic E-state index is 11.9. The summed E-state index contributed by atoms with van der Waals surface area (Å²) >= 11 is 11.2. The van der Waals surface area contributed by atoms with Crippen LogP contribution in [0.15, 0.2) is 25.1 Å². The van der Waals surface area contributed by atoms with Crippen LogP contribution < -0.4 is 0 Å². The summed E-state index contributed by atoms with van der Waals surface area (Å²) in [5.74, 6) is 0. The molecule has 1 heterocycles. The number of hydrogen-bond acceptors (Lipinski definition) is 4. The van der Waals surface area contributed by atoms with Crippen molar-refractivity contribution < 1.29 is 19.1 Å². The fraction of sp³-hybridized carbons (Fsp3) is 0.500. The summed E-state index contributed by atoms with van der Waals surface area (Å²) in [5.41, 5.74) is -1.55. The molecule has 0 radical (unpaired) electrons. The quantitative estimate of drug-likeness (QED) is 0.587. The van der Waals surface area contributed by atoms with Crippen LogP contribution in [0, 0.1) is 0 Å². The maximum Gasteiger partial charge on any atom is 0.417 e. The van der Waals surface area contributed by atoms with Gasteiger partial charge in [-0.15, -0.1) is 6.58 Å². The smallest absolute Gasteiger partial charge is 0.417 e. The van der Waals surface area contributed by atoms with Gasteiger partial charge in [0.1, 0.15) is 6.17 Å². The highest BCUT2D eigenvalue weighted by Crippen LogP contribution is 2.22. The van der Waals surface area contributed by atoms with Gasteiger partial charge in [-0.1, -0.05) is 29.3 Å². The lowest BCUT2D eigenvalue weighted by atomic mass is 10.3. The second-order valence-corrected chi connectivity index (χ2v) is 5.20. The summed E-state index contributed by atoms with van der Waals surface area (Å²) in [7, 11) is 0. The van der Waals surface area contributed by atoms with Gasteiger partial charge in [0, 0.05) is 18.8 Å². The summed E-state index contributed by atoms with van der Waals surface area (Å²) < 4.78 is 9.76. The Hall–Kier alpha value is -1.40. The zero-order chi connectivity index (χ0) is 15.3. The van der Waals surface area contributed by atoms with Crippen LogP contribution in [-0.4, -0.2) is 39.3 Å². The minimum atomic E-state index is -0.774. The second kappa shape index (κ2) is 7.40. The minimum Gasteiger partial charge on any atom is -0.430 e. The van der Waals surface area contributed by atoms with E-state index < -0.39 is 29.5 Å². The van der Waals surface area contributed by atoms with Gasteiger partial charge in [-0.2, -0.15) is 0 Å². The lowest BCUT2D eigenvalue weighted by Gasteiger charge is -2.28. The van der Waals surface area contributed by atoms with Crippen LogP contribution in [0.25, 0.3) is 0 Å². The van der Waals surface area contributed by atoms with E-state index in [0.29, 0.717) is 6.42 Å². The molecule has 8 heteroatoms. The molecule has 0 aromatic rings. The summed E-state index contributed by atoms with van der Waals surface area (Å²) in [5, 5.41) is 0. The van der Waals surface area contributed by atoms with Gasteiger partial charge in [0.15, 0.2) is 11.1 Å². The first-order valence-electron chi connectivity index (χ1n) is 5.92. The molecule has 0 saturated heterocycles. The third-order valence-corrected chi connectivity index (χ3v) is 2.53. The number of hydrogen-bond donors (Lipinski definition) is 0. The molecule has 1 aliphatic rings. The zero-order valence-corrected chi connectivity index (χ0v) is 12.7. The molecule has 1 aliphatic heterocycles. The Morgan fingerprint density at radius 3 is 1.90 bits per heavy atom. The average Bonchev–Trinajstić information content (AvgIpc) is 2.71. The predicted molar refractivity (Wildman–Crippen MR) is 75.0 cm³/mol. The molecule has 0 N–H and O–H groups in total. The molecular weight excluding hydrogens is 307 g/mol. The summed E-state index contributed by atoms with van der Waals surface area (Å²) in [6, 6.07) is 0. The van der Waals surface area contributed by atoms with E-state index >= 15 is 0 Å². The van der Waals surface area contributed by atoms with Crippen LogP contribution in [0.3, 0.4) is 0 Å². The molecule has 0 spiro atoms. The van der Waals surface area contributed by atoms with Crippen molar-refractivity contribution in [2.24, 2.45) is 0 Å². The monoisotopic (exact) mass is 322 g/mol. The number of carbonyl (C=O) groups is 2. The van der Waals surface area contributed by atoms with Crippen molar-refractivity contribution >= 4 is 35.4 Å². The number of ether oxygens (including phenoxy) is 2. The third-order valence-electron chi connectivity index (χ3n) is 2.36. The Balaban J connectivity index is 2.80. The Bertz CT molecular complexity index is 380. The van der Waals surface area contributed by atoms with Gasteiger partial charge in [0.2, 0.25) is 0 Å². The van der Waals surface area contributed by atoms with Crippen LogP contribution in [0.5, 0.6) is 0 Å². The third kappa shape index (κ3) is 4.31. The largest absolute Gasteiger partial charge is 0.430 e. The fourth-order valence-corrected chi connectivity index (χ4v) is 1.77. The first kappa shape index (κ1) is 16.7. The van der Waals surface area contributed by atoms with Crippen LogP contribution in [0.4, 0.5) is 9.59 Å². The average molecular weight is 323 g/mol. The highest BCUT2D eigenvalue weighted by molar-refractivity contribution is 6.20. The molecule has 2 unspecified atom stereocenters. The lowest BCUT2D eigenvalue weighted by molar-refractivity contribution is 0.0631. The molecule has 2 atom stereocenters. The normalized spacial score (nSPS) is 20.5. The number of nitrogens with zero attached hydrogens (tertiary/aromatic N) is 2. The van der Waals surface area contributed by atoms with Crippen LogP contribution in [-0.2, 0) is 9.47 Å². The van der Waals surface area contributed by atoms with Crippen LogP contribution in [0.1, 0.15) is 20.3 Å². The van der Waals surface area contributed by atoms with Crippen molar-refractivity contribution in [3.05, 3.63) is 25.1 Å². The Kier molecular flexibility index (Phi) is 6.16. The first-order valence-corrected chi connectivity index (χ1v) is 6.79. The van der Waals surface area contributed by atoms with Gasteiger partial charge < -0.3 is 9.47 Å². The number of rotatable bonds is 4. The van der Waals surface area contributed by atoms with Gasteiger partial charge in [-0.05, 0) is 13.8 Å². The van der Waals surface area contributed by atoms with Crippen molar-refractivity contribution in [2.75, 3.05) is 0 Å². The number of alkyl halides is 2. The molecule has 0 bridgehead atoms. The maximum absolute atomic E-state index is 11.9. The molecule has 0 aromatic heterocycles. The van der Waals surface area contributed by atoms with Gasteiger partial charge in [0.25, 0.3) is 0 Å². The van der Waals surface area contributed by atoms with Crippen molar-refractivity contribution in [3.63, 3.8) is 0 Å². The molecule has 20 heavy (non-hydrogen) atoms. The van der Waals surface area contributed by atoms with Crippen molar-refractivity contribution in [1.29, 1.82) is 0 Å². The molecule has 6 nitrogen and oxygen atoms in total. The Morgan fingerprint density at radius 2 is 1.60 bits per heavy atom. The van der Waals surface area contributed by atoms with E-state index in [1.807, 2.05) is 0 Å². The fourth-order valence-electron chi connectivity index (χ4n) is 1.62. The Labute approximate surface area is 127 Å². The molecule has 0 saturated carbocycles. The van der Waals surface area contributed by atoms with Gasteiger partial charge >= 0.3 is 12.2 Å². The highest BCUT2D eigenvalue weighted by atomic mass is 35.5. The SMILES string of the molecule is C=CCC1N(C(=O)OC(C)Cl)C=CN1C(=O)OC(C)Cl. The number of amides is 2. The summed E-state index contributed by atoms with van der Waals surface area (Å²) in [6.45, 7) is 6.63. The standard InChI is InChI=1S/C12H16Cl2N2O4/c1-4-5-10-15(11(17)19-8(2)13)6-7-16(10)12(18)20-9(3)14/h4,6-10H,1,5H2,2-3H3. The minimum absolute atomic E-state index is 0.338. The van der Waals surface area contributed by atoms with E-state index in [4.69, 9.17) is 32.7 Å². The zero-order valence-electron chi connectivity index (χ0n) is 11.2. The van der Waals surface area contributed by atoms with E-state index in [1.165, 1.54) is 36.0 Å². The van der Waals surface area contributed by atoms with Crippen molar-refractivity contribution in [3.8, 4) is 0 Å². The van der Waals surface area contributed by atoms with Gasteiger partial charge in [-0.25, -0.2) is 9.59 Å². The van der Waals surface area contributed by atoms with Gasteiger partial charge in [-0.3, -0.25) is 9.80 Å². The van der Waals surface area contributed by atoms with E-state index in [-0.39, 0.29) is 0 Å². The molecule has 1 rings (SSSR count). The number of halogens is 2. The highest BCUT2D eigenvalue weighted by Gasteiger charge is 2.36. The van der Waals surface area contributed by atoms with Crippen LogP contribution >= 0.6 is 23.2 Å². The molecule has 0 fully saturated rings. The van der Waals surface area contributed by atoms with Crippen molar-refractivity contribution in [1.82, 2.24) is 9.80 Å². The topological polar surface area (TPSA) is 59.1 Å². The van der Waals surface area contributed by atoms with Gasteiger partial charge in [0.05, 0.1) is 0 Å². The molecule has 0 aromatic carbocycles. The van der Waals surface area contributed by atoms with E-state index in [2.05, 4.69) is 6.58 Å². The molecule has 112 valence electrons. The van der Waals surface area contributed by atoms with E-state index in [1.54, 1.807) is 6.08 Å². The molecule has 0 aliphatic carbocycles. The second-order valence-electron chi connectivity index (χ2n) is 3.97.